The van der Waals surface area contributed by atoms with E-state index in [-0.39, 0.29) is 17.9 Å². The third-order valence-electron chi connectivity index (χ3n) is 3.70. The van der Waals surface area contributed by atoms with Gasteiger partial charge in [-0.3, -0.25) is 19.1 Å². The lowest BCUT2D eigenvalue weighted by molar-refractivity contribution is -0.120. The molecule has 0 aliphatic carbocycles. The van der Waals surface area contributed by atoms with E-state index >= 15 is 0 Å². The zero-order valence-corrected chi connectivity index (χ0v) is 13.6. The summed E-state index contributed by atoms with van der Waals surface area (Å²) in [5, 5.41) is 2.57. The summed E-state index contributed by atoms with van der Waals surface area (Å²) in [6.45, 7) is 0. The molecule has 0 fully saturated rings. The van der Waals surface area contributed by atoms with Crippen LogP contribution >= 0.6 is 0 Å². The van der Waals surface area contributed by atoms with Crippen LogP contribution in [-0.2, 0) is 11.2 Å². The van der Waals surface area contributed by atoms with Gasteiger partial charge in [-0.25, -0.2) is 4.98 Å². The topological polar surface area (TPSA) is 103 Å². The Morgan fingerprint density at radius 3 is 2.60 bits per heavy atom. The number of benzene rings is 1. The molecule has 3 aromatic rings. The normalized spacial score (nSPS) is 10.4. The molecule has 3 rings (SSSR count). The van der Waals surface area contributed by atoms with Gasteiger partial charge in [0.15, 0.2) is 5.82 Å². The first-order valence-electron chi connectivity index (χ1n) is 7.69. The predicted molar refractivity (Wildman–Crippen MR) is 93.1 cm³/mol. The third-order valence-corrected chi connectivity index (χ3v) is 3.70. The van der Waals surface area contributed by atoms with Gasteiger partial charge in [-0.05, 0) is 24.3 Å². The fourth-order valence-electron chi connectivity index (χ4n) is 2.50. The van der Waals surface area contributed by atoms with E-state index in [1.54, 1.807) is 36.1 Å². The minimum Gasteiger partial charge on any atom is -0.366 e. The summed E-state index contributed by atoms with van der Waals surface area (Å²) < 4.78 is 1.80. The van der Waals surface area contributed by atoms with Crippen LogP contribution in [0.1, 0.15) is 16.1 Å². The standard InChI is InChI=1S/C18H17N5O2/c1-20-15(24)10-12-11-23(13-6-3-2-4-7-13)18(22-12)16-14(17(19)25)8-5-9-21-16/h2-9,11H,10H2,1H3,(H2,19,25)(H,20,24). The molecule has 126 valence electrons. The molecule has 2 aromatic heterocycles. The zero-order valence-electron chi connectivity index (χ0n) is 13.6. The summed E-state index contributed by atoms with van der Waals surface area (Å²) in [6.07, 6.45) is 3.46. The Morgan fingerprint density at radius 2 is 1.92 bits per heavy atom. The van der Waals surface area contributed by atoms with Crippen LogP contribution in [0.25, 0.3) is 17.2 Å². The second kappa shape index (κ2) is 6.96. The minimum absolute atomic E-state index is 0.127. The predicted octanol–water partition coefficient (Wildman–Crippen LogP) is 1.32. The first-order valence-corrected chi connectivity index (χ1v) is 7.69. The van der Waals surface area contributed by atoms with Crippen molar-refractivity contribution in [3.63, 3.8) is 0 Å². The van der Waals surface area contributed by atoms with Gasteiger partial charge in [0, 0.05) is 25.1 Å². The Kier molecular flexibility index (Phi) is 4.56. The Bertz CT molecular complexity index is 918. The van der Waals surface area contributed by atoms with E-state index in [4.69, 9.17) is 5.73 Å². The monoisotopic (exact) mass is 335 g/mol. The highest BCUT2D eigenvalue weighted by Crippen LogP contribution is 2.24. The van der Waals surface area contributed by atoms with Gasteiger partial charge >= 0.3 is 0 Å². The lowest BCUT2D eigenvalue weighted by Crippen LogP contribution is -2.20. The lowest BCUT2D eigenvalue weighted by Gasteiger charge is -2.09. The second-order valence-electron chi connectivity index (χ2n) is 5.38. The van der Waals surface area contributed by atoms with Gasteiger partial charge in [0.1, 0.15) is 5.69 Å². The van der Waals surface area contributed by atoms with Crippen molar-refractivity contribution in [3.05, 3.63) is 66.1 Å². The van der Waals surface area contributed by atoms with Crippen LogP contribution < -0.4 is 11.1 Å². The number of primary amides is 1. The molecule has 0 unspecified atom stereocenters. The van der Waals surface area contributed by atoms with Gasteiger partial charge in [-0.15, -0.1) is 0 Å². The van der Waals surface area contributed by atoms with E-state index in [9.17, 15) is 9.59 Å². The van der Waals surface area contributed by atoms with Crippen LogP contribution in [0.15, 0.2) is 54.9 Å². The van der Waals surface area contributed by atoms with Gasteiger partial charge in [0.2, 0.25) is 5.91 Å². The minimum atomic E-state index is -0.585. The number of imidazole rings is 1. The number of nitrogens with two attached hydrogens (primary N) is 1. The number of hydrogen-bond donors (Lipinski definition) is 2. The Hall–Kier alpha value is -3.48. The highest BCUT2D eigenvalue weighted by molar-refractivity contribution is 5.98. The number of rotatable bonds is 5. The van der Waals surface area contributed by atoms with Crippen LogP contribution in [0.5, 0.6) is 0 Å². The van der Waals surface area contributed by atoms with E-state index in [0.29, 0.717) is 17.2 Å². The molecule has 0 atom stereocenters. The number of aromatic nitrogens is 3. The summed E-state index contributed by atoms with van der Waals surface area (Å²) in [6, 6.07) is 12.7. The highest BCUT2D eigenvalue weighted by atomic mass is 16.1. The fourth-order valence-corrected chi connectivity index (χ4v) is 2.50. The molecule has 0 saturated carbocycles. The maximum Gasteiger partial charge on any atom is 0.251 e. The summed E-state index contributed by atoms with van der Waals surface area (Å²) in [4.78, 5) is 32.3. The lowest BCUT2D eigenvalue weighted by atomic mass is 10.1. The number of amides is 2. The van der Waals surface area contributed by atoms with Gasteiger partial charge in [0.25, 0.3) is 5.91 Å². The van der Waals surface area contributed by atoms with Crippen molar-refractivity contribution >= 4 is 11.8 Å². The highest BCUT2D eigenvalue weighted by Gasteiger charge is 2.19. The molecule has 0 aliphatic rings. The number of likely N-dealkylation sites (N-methyl/N-ethyl adjacent to an activating group) is 1. The SMILES string of the molecule is CNC(=O)Cc1cn(-c2ccccc2)c(-c2ncccc2C(N)=O)n1. The Morgan fingerprint density at radius 1 is 1.16 bits per heavy atom. The maximum absolute atomic E-state index is 11.8. The Balaban J connectivity index is 2.18. The molecule has 2 amide bonds. The maximum atomic E-state index is 11.8. The average Bonchev–Trinajstić information content (AvgIpc) is 3.06. The van der Waals surface area contributed by atoms with E-state index in [1.165, 1.54) is 0 Å². The number of nitrogens with one attached hydrogen (secondary N) is 1. The molecule has 25 heavy (non-hydrogen) atoms. The number of carbonyl (C=O) groups excluding carboxylic acids is 2. The molecule has 0 saturated heterocycles. The number of carbonyl (C=O) groups is 2. The molecule has 3 N–H and O–H groups in total. The van der Waals surface area contributed by atoms with E-state index in [0.717, 1.165) is 5.69 Å². The van der Waals surface area contributed by atoms with Gasteiger partial charge < -0.3 is 11.1 Å². The first kappa shape index (κ1) is 16.4. The van der Waals surface area contributed by atoms with Crippen molar-refractivity contribution in [1.29, 1.82) is 0 Å². The molecule has 0 bridgehead atoms. The van der Waals surface area contributed by atoms with Crippen molar-refractivity contribution in [3.8, 4) is 17.2 Å². The van der Waals surface area contributed by atoms with Crippen LogP contribution in [0.4, 0.5) is 0 Å². The zero-order chi connectivity index (χ0) is 17.8. The second-order valence-corrected chi connectivity index (χ2v) is 5.38. The summed E-state index contributed by atoms with van der Waals surface area (Å²) in [5.41, 5.74) is 7.53. The largest absolute Gasteiger partial charge is 0.366 e. The van der Waals surface area contributed by atoms with Crippen LogP contribution in [0.2, 0.25) is 0 Å². The van der Waals surface area contributed by atoms with Gasteiger partial charge in [-0.1, -0.05) is 18.2 Å². The molecular formula is C18H17N5O2. The molecule has 0 aliphatic heterocycles. The smallest absolute Gasteiger partial charge is 0.251 e. The molecule has 1 aromatic carbocycles. The van der Waals surface area contributed by atoms with Crippen molar-refractivity contribution in [2.24, 2.45) is 5.73 Å². The van der Waals surface area contributed by atoms with Crippen LogP contribution in [0.3, 0.4) is 0 Å². The van der Waals surface area contributed by atoms with E-state index in [1.807, 2.05) is 30.3 Å². The van der Waals surface area contributed by atoms with Crippen LogP contribution in [0, 0.1) is 0 Å². The first-order chi connectivity index (χ1) is 12.1. The average molecular weight is 335 g/mol. The van der Waals surface area contributed by atoms with Gasteiger partial charge in [0.05, 0.1) is 17.7 Å². The van der Waals surface area contributed by atoms with E-state index in [2.05, 4.69) is 15.3 Å². The summed E-state index contributed by atoms with van der Waals surface area (Å²) in [5.74, 6) is -0.279. The number of nitrogens with zero attached hydrogens (tertiary/aromatic N) is 3. The fraction of sp³-hybridized carbons (Fsp3) is 0.111. The molecule has 0 radical (unpaired) electrons. The molecule has 7 nitrogen and oxygen atoms in total. The van der Waals surface area contributed by atoms with E-state index < -0.39 is 5.91 Å². The number of pyridine rings is 1. The molecule has 0 spiro atoms. The number of para-hydroxylation sites is 1. The molecule has 2 heterocycles. The molecular weight excluding hydrogens is 318 g/mol. The van der Waals surface area contributed by atoms with Gasteiger partial charge in [-0.2, -0.15) is 0 Å². The quantitative estimate of drug-likeness (QED) is 0.734. The van der Waals surface area contributed by atoms with Crippen molar-refractivity contribution in [2.75, 3.05) is 7.05 Å². The number of hydrogen-bond acceptors (Lipinski definition) is 4. The summed E-state index contributed by atoms with van der Waals surface area (Å²) >= 11 is 0. The molecule has 7 heteroatoms. The van der Waals surface area contributed by atoms with Crippen molar-refractivity contribution in [2.45, 2.75) is 6.42 Å². The Labute approximate surface area is 144 Å². The summed E-state index contributed by atoms with van der Waals surface area (Å²) in [7, 11) is 1.57. The van der Waals surface area contributed by atoms with Crippen LogP contribution in [-0.4, -0.2) is 33.4 Å². The van der Waals surface area contributed by atoms with Crippen molar-refractivity contribution < 1.29 is 9.59 Å². The van der Waals surface area contributed by atoms with Crippen molar-refractivity contribution in [1.82, 2.24) is 19.9 Å². The third kappa shape index (κ3) is 3.40.